The van der Waals surface area contributed by atoms with Gasteiger partial charge < -0.3 is 9.64 Å². The zero-order chi connectivity index (χ0) is 12.4. The van der Waals surface area contributed by atoms with Crippen LogP contribution in [0, 0.1) is 0 Å². The maximum absolute atomic E-state index is 6.03. The summed E-state index contributed by atoms with van der Waals surface area (Å²) in [6.07, 6.45) is 1.82. The van der Waals surface area contributed by atoms with Crippen molar-refractivity contribution in [3.8, 4) is 0 Å². The molecule has 2 rings (SSSR count). The second-order valence-electron chi connectivity index (χ2n) is 4.26. The predicted molar refractivity (Wildman–Crippen MR) is 68.8 cm³/mol. The lowest BCUT2D eigenvalue weighted by atomic mass is 10.2. The van der Waals surface area contributed by atoms with Gasteiger partial charge >= 0.3 is 0 Å². The smallest absolute Gasteiger partial charge is 0.138 e. The summed E-state index contributed by atoms with van der Waals surface area (Å²) in [6.45, 7) is 5.68. The molecule has 2 atom stereocenters. The highest BCUT2D eigenvalue weighted by Gasteiger charge is 2.25. The molecule has 17 heavy (non-hydrogen) atoms. The molecule has 0 radical (unpaired) electrons. The van der Waals surface area contributed by atoms with Crippen LogP contribution < -0.4 is 4.90 Å². The van der Waals surface area contributed by atoms with Gasteiger partial charge in [-0.1, -0.05) is 11.6 Å². The average Bonchev–Trinajstić information content (AvgIpc) is 2.27. The molecule has 1 aliphatic heterocycles. The van der Waals surface area contributed by atoms with Crippen molar-refractivity contribution in [3.05, 3.63) is 17.0 Å². The molecule has 4 nitrogen and oxygen atoms in total. The van der Waals surface area contributed by atoms with Gasteiger partial charge in [0.1, 0.15) is 17.3 Å². The molecular weight excluding hydrogens is 261 g/mol. The number of halogens is 2. The molecule has 2 heterocycles. The number of anilines is 1. The lowest BCUT2D eigenvalue weighted by molar-refractivity contribution is -0.00550. The Labute approximate surface area is 111 Å². The lowest BCUT2D eigenvalue weighted by Gasteiger charge is -2.36. The fraction of sp³-hybridized carbons (Fsp3) is 0.636. The van der Waals surface area contributed by atoms with Crippen LogP contribution in [0.1, 0.15) is 19.4 Å². The number of hydrogen-bond acceptors (Lipinski definition) is 4. The van der Waals surface area contributed by atoms with Crippen molar-refractivity contribution in [2.75, 3.05) is 18.0 Å². The Hall–Kier alpha value is -0.580. The molecule has 1 saturated heterocycles. The predicted octanol–water partition coefficient (Wildman–Crippen LogP) is 2.48. The molecule has 1 fully saturated rings. The molecule has 1 aliphatic rings. The zero-order valence-electron chi connectivity index (χ0n) is 9.86. The molecule has 1 aromatic heterocycles. The summed E-state index contributed by atoms with van der Waals surface area (Å²) in [4.78, 5) is 10.4. The van der Waals surface area contributed by atoms with Crippen LogP contribution in [0.3, 0.4) is 0 Å². The summed E-state index contributed by atoms with van der Waals surface area (Å²) in [5.74, 6) is 1.14. The molecular formula is C11H15Cl2N3O. The quantitative estimate of drug-likeness (QED) is 0.614. The van der Waals surface area contributed by atoms with Crippen LogP contribution in [-0.2, 0) is 10.6 Å². The first-order valence-electron chi connectivity index (χ1n) is 5.57. The van der Waals surface area contributed by atoms with Gasteiger partial charge in [-0.05, 0) is 13.8 Å². The minimum atomic E-state index is 0.177. The highest BCUT2D eigenvalue weighted by atomic mass is 35.5. The van der Waals surface area contributed by atoms with Crippen molar-refractivity contribution in [1.29, 1.82) is 0 Å². The summed E-state index contributed by atoms with van der Waals surface area (Å²) < 4.78 is 5.69. The Kier molecular flexibility index (Phi) is 4.07. The van der Waals surface area contributed by atoms with Gasteiger partial charge in [0.25, 0.3) is 0 Å². The van der Waals surface area contributed by atoms with Crippen molar-refractivity contribution >= 4 is 29.0 Å². The monoisotopic (exact) mass is 275 g/mol. The van der Waals surface area contributed by atoms with Gasteiger partial charge in [-0.25, -0.2) is 9.97 Å². The highest BCUT2D eigenvalue weighted by Crippen LogP contribution is 2.27. The van der Waals surface area contributed by atoms with E-state index < -0.39 is 0 Å². The Morgan fingerprint density at radius 2 is 2.00 bits per heavy atom. The fourth-order valence-electron chi connectivity index (χ4n) is 2.12. The number of alkyl halides is 1. The molecule has 94 valence electrons. The minimum absolute atomic E-state index is 0.177. The molecule has 1 aromatic rings. The van der Waals surface area contributed by atoms with Gasteiger partial charge in [-0.2, -0.15) is 0 Å². The normalized spacial score (nSPS) is 25.1. The van der Waals surface area contributed by atoms with Gasteiger partial charge in [0.2, 0.25) is 0 Å². The molecule has 0 N–H and O–H groups in total. The Morgan fingerprint density at radius 3 is 2.59 bits per heavy atom. The maximum atomic E-state index is 6.03. The molecule has 0 spiro atoms. The van der Waals surface area contributed by atoms with Crippen molar-refractivity contribution in [1.82, 2.24) is 9.97 Å². The third-order valence-corrected chi connectivity index (χ3v) is 3.32. The van der Waals surface area contributed by atoms with E-state index in [0.717, 1.165) is 24.5 Å². The summed E-state index contributed by atoms with van der Waals surface area (Å²) in [5, 5.41) is 0.428. The summed E-state index contributed by atoms with van der Waals surface area (Å²) in [5.41, 5.74) is 0.789. The van der Waals surface area contributed by atoms with E-state index in [9.17, 15) is 0 Å². The van der Waals surface area contributed by atoms with Crippen molar-refractivity contribution < 1.29 is 4.74 Å². The Morgan fingerprint density at radius 1 is 1.35 bits per heavy atom. The van der Waals surface area contributed by atoms with Crippen molar-refractivity contribution in [2.24, 2.45) is 0 Å². The second kappa shape index (κ2) is 5.38. The highest BCUT2D eigenvalue weighted by molar-refractivity contribution is 6.31. The first kappa shape index (κ1) is 12.9. The molecule has 0 aliphatic carbocycles. The average molecular weight is 276 g/mol. The van der Waals surface area contributed by atoms with E-state index in [4.69, 9.17) is 27.9 Å². The van der Waals surface area contributed by atoms with Gasteiger partial charge in [-0.15, -0.1) is 11.6 Å². The van der Waals surface area contributed by atoms with E-state index in [2.05, 4.69) is 14.9 Å². The van der Waals surface area contributed by atoms with Crippen LogP contribution in [0.4, 0.5) is 5.82 Å². The Balaban J connectivity index is 2.30. The number of morpholine rings is 1. The van der Waals surface area contributed by atoms with E-state index in [-0.39, 0.29) is 12.2 Å². The molecule has 0 bridgehead atoms. The largest absolute Gasteiger partial charge is 0.372 e. The lowest BCUT2D eigenvalue weighted by Crippen LogP contribution is -2.46. The standard InChI is InChI=1S/C11H15Cl2N3O/c1-7-4-16(5-8(2)17-7)11-9(3-12)10(13)14-6-15-11/h6-8H,3-5H2,1-2H3. The SMILES string of the molecule is CC1CN(c2ncnc(Cl)c2CCl)CC(C)O1. The molecule has 0 amide bonds. The second-order valence-corrected chi connectivity index (χ2v) is 4.89. The summed E-state index contributed by atoms with van der Waals surface area (Å²) in [7, 11) is 0. The fourth-order valence-corrected chi connectivity index (χ4v) is 2.63. The van der Waals surface area contributed by atoms with Crippen LogP contribution in [0.15, 0.2) is 6.33 Å². The zero-order valence-corrected chi connectivity index (χ0v) is 11.4. The van der Waals surface area contributed by atoms with Crippen LogP contribution in [0.25, 0.3) is 0 Å². The number of aromatic nitrogens is 2. The van der Waals surface area contributed by atoms with Crippen LogP contribution in [0.5, 0.6) is 0 Å². The number of hydrogen-bond donors (Lipinski definition) is 0. The van der Waals surface area contributed by atoms with Crippen LogP contribution in [-0.4, -0.2) is 35.3 Å². The van der Waals surface area contributed by atoms with E-state index in [0.29, 0.717) is 11.0 Å². The van der Waals surface area contributed by atoms with Gasteiger partial charge in [0.15, 0.2) is 0 Å². The number of rotatable bonds is 2. The van der Waals surface area contributed by atoms with Crippen LogP contribution >= 0.6 is 23.2 Å². The van der Waals surface area contributed by atoms with Gasteiger partial charge in [0, 0.05) is 18.7 Å². The van der Waals surface area contributed by atoms with Gasteiger partial charge in [0.05, 0.1) is 18.1 Å². The van der Waals surface area contributed by atoms with Crippen LogP contribution in [0.2, 0.25) is 5.15 Å². The third kappa shape index (κ3) is 2.81. The first-order chi connectivity index (χ1) is 8.11. The molecule has 6 heteroatoms. The van der Waals surface area contributed by atoms with Crippen molar-refractivity contribution in [3.63, 3.8) is 0 Å². The molecule has 2 unspecified atom stereocenters. The van der Waals surface area contributed by atoms with Gasteiger partial charge in [-0.3, -0.25) is 0 Å². The molecule has 0 aromatic carbocycles. The topological polar surface area (TPSA) is 38.2 Å². The molecule has 0 saturated carbocycles. The van der Waals surface area contributed by atoms with E-state index in [1.165, 1.54) is 6.33 Å². The van der Waals surface area contributed by atoms with E-state index in [1.807, 2.05) is 13.8 Å². The third-order valence-electron chi connectivity index (χ3n) is 2.72. The Bertz CT molecular complexity index is 392. The number of ether oxygens (including phenoxy) is 1. The summed E-state index contributed by atoms with van der Waals surface area (Å²) in [6, 6.07) is 0. The maximum Gasteiger partial charge on any atom is 0.138 e. The summed E-state index contributed by atoms with van der Waals surface area (Å²) >= 11 is 11.9. The van der Waals surface area contributed by atoms with E-state index in [1.54, 1.807) is 0 Å². The van der Waals surface area contributed by atoms with E-state index >= 15 is 0 Å². The number of nitrogens with zero attached hydrogens (tertiary/aromatic N) is 3. The first-order valence-corrected chi connectivity index (χ1v) is 6.48. The van der Waals surface area contributed by atoms with Crippen molar-refractivity contribution in [2.45, 2.75) is 31.9 Å². The minimum Gasteiger partial charge on any atom is -0.372 e.